The molecule has 1 amide bonds. The minimum absolute atomic E-state index is 0.194. The molecule has 1 aromatic carbocycles. The molecule has 0 bridgehead atoms. The molecule has 0 radical (unpaired) electrons. The average Bonchev–Trinajstić information content (AvgIpc) is 2.49. The summed E-state index contributed by atoms with van der Waals surface area (Å²) in [5.74, 6) is -0.432. The van der Waals surface area contributed by atoms with Gasteiger partial charge < -0.3 is 0 Å². The maximum absolute atomic E-state index is 11.6. The molecule has 1 heterocycles. The van der Waals surface area contributed by atoms with Gasteiger partial charge in [-0.2, -0.15) is 10.4 Å². The lowest BCUT2D eigenvalue weighted by atomic mass is 10.2. The SMILES string of the molecule is N#Cc1ccc(/C=N/NC(=O)c2cnccn2)cc1. The second-order valence-electron chi connectivity index (χ2n) is 3.52. The number of rotatable bonds is 3. The predicted octanol–water partition coefficient (Wildman–Crippen LogP) is 1.11. The predicted molar refractivity (Wildman–Crippen MR) is 68.2 cm³/mol. The Hall–Kier alpha value is -3.07. The second kappa shape index (κ2) is 6.02. The summed E-state index contributed by atoms with van der Waals surface area (Å²) < 4.78 is 0. The molecular formula is C13H9N5O. The molecule has 0 atom stereocenters. The van der Waals surface area contributed by atoms with Crippen LogP contribution in [0.25, 0.3) is 0 Å². The van der Waals surface area contributed by atoms with E-state index in [-0.39, 0.29) is 5.69 Å². The number of amides is 1. The first-order valence-electron chi connectivity index (χ1n) is 5.39. The molecule has 0 unspecified atom stereocenters. The van der Waals surface area contributed by atoms with Gasteiger partial charge in [0.15, 0.2) is 0 Å². The van der Waals surface area contributed by atoms with Gasteiger partial charge in [-0.3, -0.25) is 9.78 Å². The zero-order chi connectivity index (χ0) is 13.5. The quantitative estimate of drug-likeness (QED) is 0.653. The molecule has 2 aromatic rings. The van der Waals surface area contributed by atoms with Gasteiger partial charge >= 0.3 is 0 Å². The van der Waals surface area contributed by atoms with Gasteiger partial charge in [0.05, 0.1) is 24.0 Å². The summed E-state index contributed by atoms with van der Waals surface area (Å²) in [7, 11) is 0. The highest BCUT2D eigenvalue weighted by Crippen LogP contribution is 2.00. The number of carbonyl (C=O) groups excluding carboxylic acids is 1. The van der Waals surface area contributed by atoms with E-state index in [0.717, 1.165) is 5.56 Å². The first kappa shape index (κ1) is 12.4. The Morgan fingerprint density at radius 1 is 1.32 bits per heavy atom. The smallest absolute Gasteiger partial charge is 0.265 e. The molecule has 0 spiro atoms. The number of carbonyl (C=O) groups is 1. The second-order valence-corrected chi connectivity index (χ2v) is 3.52. The standard InChI is InChI=1S/C13H9N5O/c14-7-10-1-3-11(4-2-10)8-17-18-13(19)12-9-15-5-6-16-12/h1-6,8-9H,(H,18,19)/b17-8+. The van der Waals surface area contributed by atoms with Gasteiger partial charge in [0.2, 0.25) is 0 Å². The molecular weight excluding hydrogens is 242 g/mol. The van der Waals surface area contributed by atoms with E-state index in [1.165, 1.54) is 24.8 Å². The van der Waals surface area contributed by atoms with Crippen molar-refractivity contribution in [3.63, 3.8) is 0 Å². The number of benzene rings is 1. The van der Waals surface area contributed by atoms with E-state index < -0.39 is 5.91 Å². The van der Waals surface area contributed by atoms with Gasteiger partial charge in [0.1, 0.15) is 5.69 Å². The van der Waals surface area contributed by atoms with Crippen LogP contribution in [0.15, 0.2) is 48.0 Å². The Labute approximate surface area is 109 Å². The summed E-state index contributed by atoms with van der Waals surface area (Å²) >= 11 is 0. The van der Waals surface area contributed by atoms with Gasteiger partial charge in [-0.05, 0) is 17.7 Å². The number of hydrazone groups is 1. The molecule has 2 rings (SSSR count). The highest BCUT2D eigenvalue weighted by atomic mass is 16.2. The summed E-state index contributed by atoms with van der Waals surface area (Å²) in [6, 6.07) is 8.83. The van der Waals surface area contributed by atoms with E-state index in [0.29, 0.717) is 5.56 Å². The highest BCUT2D eigenvalue weighted by Gasteiger charge is 2.04. The van der Waals surface area contributed by atoms with Crippen LogP contribution >= 0.6 is 0 Å². The largest absolute Gasteiger partial charge is 0.291 e. The maximum Gasteiger partial charge on any atom is 0.291 e. The molecule has 92 valence electrons. The molecule has 6 heteroatoms. The van der Waals surface area contributed by atoms with Crippen LogP contribution in [0.4, 0.5) is 0 Å². The van der Waals surface area contributed by atoms with Crippen molar-refractivity contribution in [3.8, 4) is 6.07 Å². The molecule has 0 aliphatic carbocycles. The minimum Gasteiger partial charge on any atom is -0.265 e. The highest BCUT2D eigenvalue weighted by molar-refractivity contribution is 5.92. The van der Waals surface area contributed by atoms with Gasteiger partial charge in [-0.25, -0.2) is 10.4 Å². The van der Waals surface area contributed by atoms with Crippen LogP contribution in [0.3, 0.4) is 0 Å². The van der Waals surface area contributed by atoms with Crippen LogP contribution in [0.1, 0.15) is 21.6 Å². The van der Waals surface area contributed by atoms with Crippen LogP contribution < -0.4 is 5.43 Å². The molecule has 0 saturated carbocycles. The normalized spacial score (nSPS) is 10.1. The van der Waals surface area contributed by atoms with Crippen molar-refractivity contribution in [3.05, 3.63) is 59.7 Å². The van der Waals surface area contributed by atoms with E-state index in [4.69, 9.17) is 5.26 Å². The average molecular weight is 251 g/mol. The lowest BCUT2D eigenvalue weighted by molar-refractivity contribution is 0.0949. The summed E-state index contributed by atoms with van der Waals surface area (Å²) in [6.07, 6.45) is 5.75. The number of hydrogen-bond donors (Lipinski definition) is 1. The van der Waals surface area contributed by atoms with Crippen LogP contribution in [0, 0.1) is 11.3 Å². The van der Waals surface area contributed by atoms with Crippen molar-refractivity contribution in [1.29, 1.82) is 5.26 Å². The monoisotopic (exact) mass is 251 g/mol. The molecule has 0 saturated heterocycles. The fourth-order valence-electron chi connectivity index (χ4n) is 1.28. The molecule has 0 fully saturated rings. The maximum atomic E-state index is 11.6. The van der Waals surface area contributed by atoms with Crippen LogP contribution in [0.2, 0.25) is 0 Å². The minimum atomic E-state index is -0.432. The zero-order valence-electron chi connectivity index (χ0n) is 9.82. The van der Waals surface area contributed by atoms with E-state index in [2.05, 4.69) is 20.5 Å². The van der Waals surface area contributed by atoms with Gasteiger partial charge in [0.25, 0.3) is 5.91 Å². The third-order valence-corrected chi connectivity index (χ3v) is 2.22. The molecule has 0 aliphatic heterocycles. The molecule has 19 heavy (non-hydrogen) atoms. The Balaban J connectivity index is 1.96. The van der Waals surface area contributed by atoms with Crippen molar-refractivity contribution in [1.82, 2.24) is 15.4 Å². The summed E-state index contributed by atoms with van der Waals surface area (Å²) in [4.78, 5) is 19.2. The third kappa shape index (κ3) is 3.44. The van der Waals surface area contributed by atoms with Crippen molar-refractivity contribution in [2.45, 2.75) is 0 Å². The number of nitriles is 1. The molecule has 1 aromatic heterocycles. The third-order valence-electron chi connectivity index (χ3n) is 2.22. The van der Waals surface area contributed by atoms with Gasteiger partial charge in [-0.1, -0.05) is 12.1 Å². The van der Waals surface area contributed by atoms with Crippen LogP contribution in [-0.2, 0) is 0 Å². The van der Waals surface area contributed by atoms with Crippen molar-refractivity contribution >= 4 is 12.1 Å². The summed E-state index contributed by atoms with van der Waals surface area (Å²) in [6.45, 7) is 0. The summed E-state index contributed by atoms with van der Waals surface area (Å²) in [5.41, 5.74) is 3.88. The van der Waals surface area contributed by atoms with E-state index in [1.54, 1.807) is 24.3 Å². The van der Waals surface area contributed by atoms with Gasteiger partial charge in [-0.15, -0.1) is 0 Å². The van der Waals surface area contributed by atoms with E-state index >= 15 is 0 Å². The zero-order valence-corrected chi connectivity index (χ0v) is 9.82. The summed E-state index contributed by atoms with van der Waals surface area (Å²) in [5, 5.41) is 12.4. The Bertz CT molecular complexity index is 628. The molecule has 0 aliphatic rings. The van der Waals surface area contributed by atoms with E-state index in [9.17, 15) is 4.79 Å². The molecule has 6 nitrogen and oxygen atoms in total. The Morgan fingerprint density at radius 3 is 2.74 bits per heavy atom. The Kier molecular flexibility index (Phi) is 3.93. The first-order valence-corrected chi connectivity index (χ1v) is 5.39. The van der Waals surface area contributed by atoms with Crippen LogP contribution in [0.5, 0.6) is 0 Å². The number of aromatic nitrogens is 2. The van der Waals surface area contributed by atoms with E-state index in [1.807, 2.05) is 6.07 Å². The lowest BCUT2D eigenvalue weighted by Gasteiger charge is -1.97. The van der Waals surface area contributed by atoms with Crippen molar-refractivity contribution in [2.24, 2.45) is 5.10 Å². The number of hydrogen-bond acceptors (Lipinski definition) is 5. The first-order chi connectivity index (χ1) is 9.29. The Morgan fingerprint density at radius 2 is 2.11 bits per heavy atom. The number of nitrogens with one attached hydrogen (secondary N) is 1. The van der Waals surface area contributed by atoms with Crippen molar-refractivity contribution in [2.75, 3.05) is 0 Å². The number of nitrogens with zero attached hydrogens (tertiary/aromatic N) is 4. The van der Waals surface area contributed by atoms with Gasteiger partial charge in [0, 0.05) is 12.4 Å². The lowest BCUT2D eigenvalue weighted by Crippen LogP contribution is -2.19. The molecule has 1 N–H and O–H groups in total. The topological polar surface area (TPSA) is 91.0 Å². The fraction of sp³-hybridized carbons (Fsp3) is 0. The van der Waals surface area contributed by atoms with Crippen LogP contribution in [-0.4, -0.2) is 22.1 Å². The fourth-order valence-corrected chi connectivity index (χ4v) is 1.28. The van der Waals surface area contributed by atoms with Crippen molar-refractivity contribution < 1.29 is 4.79 Å².